The first kappa shape index (κ1) is 50.8. The minimum absolute atomic E-state index is 0. The van der Waals surface area contributed by atoms with Gasteiger partial charge >= 0.3 is 41.5 Å². The van der Waals surface area contributed by atoms with E-state index >= 15 is 0 Å². The molecule has 6 rings (SSSR count). The van der Waals surface area contributed by atoms with Crippen molar-refractivity contribution in [3.8, 4) is 0 Å². The van der Waals surface area contributed by atoms with Crippen molar-refractivity contribution in [2.75, 3.05) is 16.0 Å². The van der Waals surface area contributed by atoms with Crippen molar-refractivity contribution in [1.29, 1.82) is 0 Å². The molecule has 0 aliphatic rings. The summed E-state index contributed by atoms with van der Waals surface area (Å²) in [6, 6.07) is 31.1. The number of nitrogens with zero attached hydrogens (tertiary/aromatic N) is 1. The van der Waals surface area contributed by atoms with Gasteiger partial charge in [0.25, 0.3) is 5.69 Å². The summed E-state index contributed by atoms with van der Waals surface area (Å²) in [5, 5.41) is 49.9. The maximum absolute atomic E-state index is 11.3. The van der Waals surface area contributed by atoms with Gasteiger partial charge in [-0.2, -0.15) is 0 Å². The standard InChI is InChI=1S/C14H11BrINO2.C14H11ClINO2.C14H11IN2O4.Na/c2*1-8-6-10(16)3-5-12(8)17-13-4-2-9(15)7-11(13)14(18)19;1-8-6-9(15)2-4-12(8)16-13-5-3-10(17(20)21)7-11(13)14(18)19;/h2*2-7,17H,1H3,(H,18,19);2-7,16H,1H3,(H,18,19);/q;;;+1/p-1. The van der Waals surface area contributed by atoms with Crippen molar-refractivity contribution in [3.05, 3.63) is 173 Å². The fraction of sp³-hybridized carbons (Fsp3) is 0.0714. The Bertz CT molecular complexity index is 2470. The molecule has 0 amide bonds. The number of benzene rings is 6. The van der Waals surface area contributed by atoms with Crippen molar-refractivity contribution in [2.45, 2.75) is 20.8 Å². The van der Waals surface area contributed by atoms with Crippen LogP contribution in [0.3, 0.4) is 0 Å². The van der Waals surface area contributed by atoms with Crippen LogP contribution in [-0.4, -0.2) is 33.0 Å². The van der Waals surface area contributed by atoms with Crippen molar-refractivity contribution in [2.24, 2.45) is 0 Å². The Morgan fingerprint density at radius 2 is 0.950 bits per heavy atom. The van der Waals surface area contributed by atoms with Gasteiger partial charge in [-0.05, 0) is 202 Å². The summed E-state index contributed by atoms with van der Waals surface area (Å²) in [4.78, 5) is 43.7. The van der Waals surface area contributed by atoms with E-state index in [1.165, 1.54) is 18.2 Å². The minimum Gasteiger partial charge on any atom is -0.545 e. The third-order valence-corrected chi connectivity index (χ3v) is 11.0. The Morgan fingerprint density at radius 3 is 1.33 bits per heavy atom. The molecule has 6 aromatic rings. The van der Waals surface area contributed by atoms with Gasteiger partial charge in [0.15, 0.2) is 0 Å². The average molecular weight is 1240 g/mol. The van der Waals surface area contributed by atoms with E-state index in [4.69, 9.17) is 11.6 Å². The Hall–Kier alpha value is -3.51. The maximum atomic E-state index is 11.3. The van der Waals surface area contributed by atoms with Gasteiger partial charge in [-0.25, -0.2) is 9.59 Å². The van der Waals surface area contributed by atoms with Crippen molar-refractivity contribution in [3.63, 3.8) is 0 Å². The molecule has 0 unspecified atom stereocenters. The van der Waals surface area contributed by atoms with Crippen LogP contribution in [0, 0.1) is 41.6 Å². The third-order valence-electron chi connectivity index (χ3n) is 8.23. The molecule has 18 heteroatoms. The monoisotopic (exact) mass is 1240 g/mol. The zero-order valence-electron chi connectivity index (χ0n) is 32.1. The van der Waals surface area contributed by atoms with Crippen LogP contribution in [0.5, 0.6) is 0 Å². The number of hydrogen-bond acceptors (Lipinski definition) is 9. The Labute approximate surface area is 421 Å². The average Bonchev–Trinajstić information content (AvgIpc) is 3.16. The van der Waals surface area contributed by atoms with Gasteiger partial charge in [0.05, 0.1) is 33.4 Å². The Balaban J connectivity index is 0.000000239. The van der Waals surface area contributed by atoms with E-state index in [1.807, 2.05) is 81.4 Å². The number of carbonyl (C=O) groups is 3. The van der Waals surface area contributed by atoms with Crippen molar-refractivity contribution in [1.82, 2.24) is 0 Å². The summed E-state index contributed by atoms with van der Waals surface area (Å²) in [6.45, 7) is 5.85. The van der Waals surface area contributed by atoms with Crippen LogP contribution in [0.2, 0.25) is 5.02 Å². The predicted octanol–water partition coefficient (Wildman–Crippen LogP) is 9.12. The normalized spacial score (nSPS) is 10.1. The van der Waals surface area contributed by atoms with Gasteiger partial charge in [-0.3, -0.25) is 10.1 Å². The van der Waals surface area contributed by atoms with Crippen LogP contribution in [0.1, 0.15) is 47.8 Å². The number of aryl methyl sites for hydroxylation is 3. The molecule has 0 aliphatic heterocycles. The maximum Gasteiger partial charge on any atom is 1.00 e. The summed E-state index contributed by atoms with van der Waals surface area (Å²) in [5.41, 5.74) is 6.85. The first-order chi connectivity index (χ1) is 27.8. The number of non-ortho nitro benzene ring substituents is 1. The van der Waals surface area contributed by atoms with E-state index in [1.54, 1.807) is 24.3 Å². The number of rotatable bonds is 10. The Kier molecular flexibility index (Phi) is 20.0. The molecule has 0 bridgehead atoms. The molecular formula is C42H32BrClI3N4NaO8. The van der Waals surface area contributed by atoms with Gasteiger partial charge in [-0.15, -0.1) is 0 Å². The number of hydrogen-bond donors (Lipinski definition) is 5. The smallest absolute Gasteiger partial charge is 0.545 e. The number of carboxylic acids is 3. The second-order valence-electron chi connectivity index (χ2n) is 12.5. The van der Waals surface area contributed by atoms with Crippen molar-refractivity contribution >= 4 is 153 Å². The van der Waals surface area contributed by atoms with Crippen LogP contribution in [0.4, 0.5) is 39.8 Å². The van der Waals surface area contributed by atoms with Crippen LogP contribution in [-0.2, 0) is 0 Å². The molecule has 60 heavy (non-hydrogen) atoms. The molecule has 0 atom stereocenters. The Morgan fingerprint density at radius 1 is 0.583 bits per heavy atom. The number of aromatic carboxylic acids is 3. The minimum atomic E-state index is -1.26. The van der Waals surface area contributed by atoms with Crippen LogP contribution < -0.4 is 50.6 Å². The fourth-order valence-electron chi connectivity index (χ4n) is 5.27. The molecule has 0 aromatic heterocycles. The first-order valence-corrected chi connectivity index (χ1v) is 21.4. The zero-order valence-corrected chi connectivity index (χ0v) is 42.9. The number of halogens is 5. The first-order valence-electron chi connectivity index (χ1n) is 17.0. The molecule has 0 heterocycles. The predicted molar refractivity (Wildman–Crippen MR) is 258 cm³/mol. The van der Waals surface area contributed by atoms with E-state index in [2.05, 4.69) is 99.7 Å². The molecule has 0 fully saturated rings. The summed E-state index contributed by atoms with van der Waals surface area (Å²) >= 11 is 15.7. The van der Waals surface area contributed by atoms with E-state index in [9.17, 15) is 39.8 Å². The zero-order chi connectivity index (χ0) is 43.6. The molecule has 5 N–H and O–H groups in total. The van der Waals surface area contributed by atoms with E-state index in [-0.39, 0.29) is 51.9 Å². The van der Waals surface area contributed by atoms with Crippen LogP contribution >= 0.6 is 95.3 Å². The molecule has 0 aliphatic carbocycles. The molecule has 0 saturated carbocycles. The number of carboxylic acid groups (broad SMARTS) is 3. The van der Waals surface area contributed by atoms with Gasteiger partial charge in [0, 0.05) is 60.7 Å². The summed E-state index contributed by atoms with van der Waals surface area (Å²) in [6.07, 6.45) is 0. The molecule has 12 nitrogen and oxygen atoms in total. The fourth-order valence-corrected chi connectivity index (χ4v) is 7.74. The largest absolute Gasteiger partial charge is 1.00 e. The van der Waals surface area contributed by atoms with E-state index in [0.717, 1.165) is 55.0 Å². The molecular weight excluding hydrogens is 1210 g/mol. The van der Waals surface area contributed by atoms with Gasteiger partial charge in [0.2, 0.25) is 0 Å². The number of anilines is 6. The molecule has 0 spiro atoms. The van der Waals surface area contributed by atoms with Gasteiger partial charge < -0.3 is 36.1 Å². The van der Waals surface area contributed by atoms with E-state index < -0.39 is 22.8 Å². The topological polar surface area (TPSA) is 194 Å². The number of nitro benzene ring substituents is 1. The van der Waals surface area contributed by atoms with Gasteiger partial charge in [0.1, 0.15) is 0 Å². The number of nitrogens with one attached hydrogen (secondary N) is 3. The quantitative estimate of drug-likeness (QED) is 0.0380. The SMILES string of the molecule is Cc1cc(I)ccc1Nc1ccc(Br)cc1C(=O)O.Cc1cc(I)ccc1Nc1ccc(Cl)cc1C(=O)[O-].Cc1cc(I)ccc1Nc1ccc([N+](=O)[O-])cc1C(=O)O.[Na+]. The molecule has 6 aromatic carbocycles. The van der Waals surface area contributed by atoms with E-state index in [0.29, 0.717) is 22.1 Å². The van der Waals surface area contributed by atoms with Crippen LogP contribution in [0.25, 0.3) is 0 Å². The number of carbonyl (C=O) groups excluding carboxylic acids is 1. The summed E-state index contributed by atoms with van der Waals surface area (Å²) in [5.74, 6) is -3.43. The molecule has 0 radical (unpaired) electrons. The molecule has 304 valence electrons. The molecule has 0 saturated heterocycles. The summed E-state index contributed by atoms with van der Waals surface area (Å²) in [7, 11) is 0. The second kappa shape index (κ2) is 23.6. The van der Waals surface area contributed by atoms with Crippen LogP contribution in [0.15, 0.2) is 114 Å². The van der Waals surface area contributed by atoms with Gasteiger partial charge in [-0.1, -0.05) is 27.5 Å². The summed E-state index contributed by atoms with van der Waals surface area (Å²) < 4.78 is 4.08. The van der Waals surface area contributed by atoms with Crippen molar-refractivity contribution < 1.29 is 64.2 Å². The number of nitro groups is 1. The third kappa shape index (κ3) is 14.8. The second-order valence-corrected chi connectivity index (χ2v) is 17.6.